The van der Waals surface area contributed by atoms with Gasteiger partial charge in [0, 0.05) is 28.9 Å². The zero-order valence-electron chi connectivity index (χ0n) is 13.0. The van der Waals surface area contributed by atoms with Gasteiger partial charge in [-0.3, -0.25) is 4.90 Å². The molecule has 114 valence electrons. The number of likely N-dealkylation sites (tertiary alicyclic amines) is 1. The third kappa shape index (κ3) is 4.04. The summed E-state index contributed by atoms with van der Waals surface area (Å²) in [4.78, 5) is 5.29. The Morgan fingerprint density at radius 3 is 2.90 bits per heavy atom. The van der Waals surface area contributed by atoms with Crippen LogP contribution in [0.15, 0.2) is 12.1 Å². The van der Waals surface area contributed by atoms with E-state index < -0.39 is 0 Å². The van der Waals surface area contributed by atoms with Crippen molar-refractivity contribution in [1.82, 2.24) is 4.90 Å². The molecule has 2 heterocycles. The Bertz CT molecular complexity index is 405. The summed E-state index contributed by atoms with van der Waals surface area (Å²) in [6, 6.07) is 4.93. The van der Waals surface area contributed by atoms with Crippen molar-refractivity contribution in [3.05, 3.63) is 21.9 Å². The first-order valence-corrected chi connectivity index (χ1v) is 8.61. The van der Waals surface area contributed by atoms with Crippen LogP contribution < -0.4 is 5.73 Å². The summed E-state index contributed by atoms with van der Waals surface area (Å²) < 4.78 is 5.95. The quantitative estimate of drug-likeness (QED) is 0.875. The molecule has 0 amide bonds. The molecule has 1 saturated heterocycles. The second kappa shape index (κ2) is 7.55. The molecule has 0 aliphatic carbocycles. The minimum Gasteiger partial charge on any atom is -0.377 e. The fourth-order valence-electron chi connectivity index (χ4n) is 3.02. The molecule has 1 aliphatic rings. The van der Waals surface area contributed by atoms with E-state index in [2.05, 4.69) is 37.8 Å². The van der Waals surface area contributed by atoms with E-state index in [1.807, 2.05) is 11.3 Å². The molecule has 0 aromatic carbocycles. The minimum atomic E-state index is 0.151. The largest absolute Gasteiger partial charge is 0.377 e. The van der Waals surface area contributed by atoms with Gasteiger partial charge in [0.25, 0.3) is 0 Å². The molecule has 1 aromatic heterocycles. The minimum absolute atomic E-state index is 0.151. The van der Waals surface area contributed by atoms with Crippen molar-refractivity contribution in [2.45, 2.75) is 58.2 Å². The van der Waals surface area contributed by atoms with E-state index in [1.165, 1.54) is 22.6 Å². The molecule has 3 atom stereocenters. The summed E-state index contributed by atoms with van der Waals surface area (Å²) in [5, 5.41) is 0. The first-order chi connectivity index (χ1) is 9.61. The summed E-state index contributed by atoms with van der Waals surface area (Å²) in [6.45, 7) is 9.48. The molecule has 0 saturated carbocycles. The Morgan fingerprint density at radius 1 is 1.50 bits per heavy atom. The van der Waals surface area contributed by atoms with Gasteiger partial charge < -0.3 is 10.5 Å². The number of rotatable bonds is 6. The number of hydrogen-bond donors (Lipinski definition) is 1. The third-order valence-corrected chi connectivity index (χ3v) is 4.98. The normalized spacial score (nSPS) is 23.7. The smallest absolute Gasteiger partial charge is 0.0702 e. The van der Waals surface area contributed by atoms with E-state index in [1.54, 1.807) is 0 Å². The summed E-state index contributed by atoms with van der Waals surface area (Å²) in [5.41, 5.74) is 6.28. The number of aryl methyl sites for hydroxylation is 1. The molecule has 0 radical (unpaired) electrons. The molecular weight excluding hydrogens is 268 g/mol. The number of hydrogen-bond acceptors (Lipinski definition) is 4. The van der Waals surface area contributed by atoms with Gasteiger partial charge in [-0.25, -0.2) is 0 Å². The number of piperidine rings is 1. The highest BCUT2D eigenvalue weighted by molar-refractivity contribution is 7.12. The zero-order chi connectivity index (χ0) is 14.5. The lowest BCUT2D eigenvalue weighted by molar-refractivity contribution is -0.0150. The van der Waals surface area contributed by atoms with E-state index in [9.17, 15) is 0 Å². The van der Waals surface area contributed by atoms with Gasteiger partial charge in [0.1, 0.15) is 0 Å². The molecule has 3 nitrogen and oxygen atoms in total. The van der Waals surface area contributed by atoms with Gasteiger partial charge in [-0.1, -0.05) is 6.92 Å². The summed E-state index contributed by atoms with van der Waals surface area (Å²) in [6.07, 6.45) is 3.87. The maximum Gasteiger partial charge on any atom is 0.0702 e. The maximum absolute atomic E-state index is 6.28. The van der Waals surface area contributed by atoms with Crippen LogP contribution in [0.2, 0.25) is 0 Å². The molecular formula is C16H28N2OS. The fourth-order valence-corrected chi connectivity index (χ4v) is 4.15. The van der Waals surface area contributed by atoms with Crippen LogP contribution in [-0.4, -0.2) is 36.7 Å². The number of nitrogens with zero attached hydrogens (tertiary/aromatic N) is 1. The lowest BCUT2D eigenvalue weighted by Gasteiger charge is -2.39. The lowest BCUT2D eigenvalue weighted by atomic mass is 10.0. The first kappa shape index (κ1) is 16.0. The average Bonchev–Trinajstić information content (AvgIpc) is 2.83. The van der Waals surface area contributed by atoms with Crippen LogP contribution in [-0.2, 0) is 4.74 Å². The Balaban J connectivity index is 2.05. The van der Waals surface area contributed by atoms with Crippen LogP contribution in [0.25, 0.3) is 0 Å². The van der Waals surface area contributed by atoms with Crippen LogP contribution in [0, 0.1) is 6.92 Å². The molecule has 1 fully saturated rings. The van der Waals surface area contributed by atoms with Crippen LogP contribution in [0.5, 0.6) is 0 Å². The summed E-state index contributed by atoms with van der Waals surface area (Å²) >= 11 is 1.87. The molecule has 0 bridgehead atoms. The predicted octanol–water partition coefficient (Wildman–Crippen LogP) is 3.34. The number of thiophene rings is 1. The van der Waals surface area contributed by atoms with E-state index >= 15 is 0 Å². The van der Waals surface area contributed by atoms with Crippen LogP contribution in [0.3, 0.4) is 0 Å². The zero-order valence-corrected chi connectivity index (χ0v) is 13.8. The van der Waals surface area contributed by atoms with Crippen molar-refractivity contribution >= 4 is 11.3 Å². The molecule has 2 rings (SSSR count). The third-order valence-electron chi connectivity index (χ3n) is 3.91. The van der Waals surface area contributed by atoms with Gasteiger partial charge in [0.15, 0.2) is 0 Å². The number of ether oxygens (including phenoxy) is 1. The Hall–Kier alpha value is -0.420. The fraction of sp³-hybridized carbons (Fsp3) is 0.750. The van der Waals surface area contributed by atoms with Gasteiger partial charge in [0.2, 0.25) is 0 Å². The highest BCUT2D eigenvalue weighted by atomic mass is 32.1. The highest BCUT2D eigenvalue weighted by Crippen LogP contribution is 2.32. The van der Waals surface area contributed by atoms with Crippen LogP contribution in [0.4, 0.5) is 0 Å². The standard InChI is InChI=1S/C16H28N2OS/c1-4-10-19-14-6-5-9-18(11-14)16(13(3)17)15-8-7-12(2)20-15/h7-8,13-14,16H,4-6,9-11,17H2,1-3H3. The molecule has 1 aromatic rings. The van der Waals surface area contributed by atoms with Crippen molar-refractivity contribution in [3.63, 3.8) is 0 Å². The molecule has 0 spiro atoms. The molecule has 20 heavy (non-hydrogen) atoms. The Kier molecular flexibility index (Phi) is 6.02. The second-order valence-electron chi connectivity index (χ2n) is 5.88. The summed E-state index contributed by atoms with van der Waals surface area (Å²) in [7, 11) is 0. The topological polar surface area (TPSA) is 38.5 Å². The van der Waals surface area contributed by atoms with Crippen LogP contribution >= 0.6 is 11.3 Å². The monoisotopic (exact) mass is 296 g/mol. The van der Waals surface area contributed by atoms with Crippen molar-refractivity contribution in [2.75, 3.05) is 19.7 Å². The average molecular weight is 296 g/mol. The van der Waals surface area contributed by atoms with Crippen molar-refractivity contribution in [1.29, 1.82) is 0 Å². The SMILES string of the molecule is CCCOC1CCCN(C(c2ccc(C)s2)C(C)N)C1. The summed E-state index contributed by atoms with van der Waals surface area (Å²) in [5.74, 6) is 0. The molecule has 4 heteroatoms. The Labute approximate surface area is 127 Å². The van der Waals surface area contributed by atoms with E-state index in [0.29, 0.717) is 12.1 Å². The van der Waals surface area contributed by atoms with Gasteiger partial charge in [-0.2, -0.15) is 0 Å². The highest BCUT2D eigenvalue weighted by Gasteiger charge is 2.30. The lowest BCUT2D eigenvalue weighted by Crippen LogP contribution is -2.46. The van der Waals surface area contributed by atoms with Gasteiger partial charge in [-0.05, 0) is 51.8 Å². The van der Waals surface area contributed by atoms with Crippen molar-refractivity contribution < 1.29 is 4.74 Å². The van der Waals surface area contributed by atoms with Crippen molar-refractivity contribution in [2.24, 2.45) is 5.73 Å². The first-order valence-electron chi connectivity index (χ1n) is 7.79. The predicted molar refractivity (Wildman–Crippen MR) is 86.3 cm³/mol. The number of nitrogens with two attached hydrogens (primary N) is 1. The van der Waals surface area contributed by atoms with Gasteiger partial charge in [0.05, 0.1) is 12.1 Å². The van der Waals surface area contributed by atoms with Crippen molar-refractivity contribution in [3.8, 4) is 0 Å². The molecule has 1 aliphatic heterocycles. The maximum atomic E-state index is 6.28. The second-order valence-corrected chi connectivity index (χ2v) is 7.20. The van der Waals surface area contributed by atoms with Gasteiger partial charge >= 0.3 is 0 Å². The van der Waals surface area contributed by atoms with E-state index in [0.717, 1.165) is 26.1 Å². The van der Waals surface area contributed by atoms with Crippen LogP contribution in [0.1, 0.15) is 48.9 Å². The van der Waals surface area contributed by atoms with E-state index in [-0.39, 0.29) is 6.04 Å². The Morgan fingerprint density at radius 2 is 2.30 bits per heavy atom. The van der Waals surface area contributed by atoms with Gasteiger partial charge in [-0.15, -0.1) is 11.3 Å². The molecule has 3 unspecified atom stereocenters. The van der Waals surface area contributed by atoms with E-state index in [4.69, 9.17) is 10.5 Å². The molecule has 2 N–H and O–H groups in total.